The number of carboxylic acid groups (broad SMARTS) is 1. The van der Waals surface area contributed by atoms with Crippen LogP contribution in [0.15, 0.2) is 24.3 Å². The Kier molecular flexibility index (Phi) is 4.38. The van der Waals surface area contributed by atoms with Crippen LogP contribution >= 0.6 is 11.6 Å². The minimum absolute atomic E-state index is 0.0136. The van der Waals surface area contributed by atoms with Crippen LogP contribution in [-0.2, 0) is 9.53 Å². The lowest BCUT2D eigenvalue weighted by Crippen LogP contribution is -2.62. The van der Waals surface area contributed by atoms with Gasteiger partial charge in [-0.05, 0) is 51.2 Å². The first-order valence-electron chi connectivity index (χ1n) is 7.12. The van der Waals surface area contributed by atoms with Crippen molar-refractivity contribution in [3.63, 3.8) is 0 Å². The smallest absolute Gasteiger partial charge is 0.408 e. The number of aliphatic carboxylic acids is 1. The summed E-state index contributed by atoms with van der Waals surface area (Å²) in [4.78, 5) is 23.4. The average Bonchev–Trinajstić information content (AvgIpc) is 2.31. The van der Waals surface area contributed by atoms with Crippen molar-refractivity contribution < 1.29 is 19.4 Å². The number of carboxylic acids is 1. The van der Waals surface area contributed by atoms with Crippen molar-refractivity contribution in [2.45, 2.75) is 50.7 Å². The Hall–Kier alpha value is -1.75. The zero-order valence-electron chi connectivity index (χ0n) is 12.9. The molecule has 5 nitrogen and oxygen atoms in total. The van der Waals surface area contributed by atoms with Gasteiger partial charge in [-0.25, -0.2) is 9.59 Å². The Morgan fingerprint density at radius 2 is 1.91 bits per heavy atom. The molecular formula is C16H20ClNO4. The Morgan fingerprint density at radius 3 is 2.41 bits per heavy atom. The Balaban J connectivity index is 2.07. The number of hydrogen-bond donors (Lipinski definition) is 2. The van der Waals surface area contributed by atoms with E-state index in [1.165, 1.54) is 0 Å². The van der Waals surface area contributed by atoms with Crippen LogP contribution < -0.4 is 5.32 Å². The standard InChI is InChI=1S/C16H20ClNO4/c1-15(2,3)22-14(21)18-16(13(19)20)8-10(9-16)11-6-4-5-7-12(11)17/h4-7,10H,8-9H2,1-3H3,(H,18,21)(H,19,20). The van der Waals surface area contributed by atoms with Crippen LogP contribution in [0.25, 0.3) is 0 Å². The van der Waals surface area contributed by atoms with Crippen LogP contribution in [0.5, 0.6) is 0 Å². The molecule has 6 heteroatoms. The second-order valence-electron chi connectivity index (χ2n) is 6.64. The predicted octanol–water partition coefficient (Wildman–Crippen LogP) is 3.57. The predicted molar refractivity (Wildman–Crippen MR) is 83.2 cm³/mol. The van der Waals surface area contributed by atoms with Crippen LogP contribution in [0.4, 0.5) is 4.79 Å². The number of carbonyl (C=O) groups is 2. The minimum atomic E-state index is -1.29. The number of rotatable bonds is 3. The first-order valence-corrected chi connectivity index (χ1v) is 7.50. The van der Waals surface area contributed by atoms with Gasteiger partial charge >= 0.3 is 12.1 Å². The van der Waals surface area contributed by atoms with Gasteiger partial charge in [0.25, 0.3) is 0 Å². The monoisotopic (exact) mass is 325 g/mol. The molecule has 2 rings (SSSR count). The van der Waals surface area contributed by atoms with Gasteiger partial charge in [-0.2, -0.15) is 0 Å². The van der Waals surface area contributed by atoms with Gasteiger partial charge in [0.15, 0.2) is 0 Å². The van der Waals surface area contributed by atoms with E-state index in [-0.39, 0.29) is 5.92 Å². The van der Waals surface area contributed by atoms with E-state index < -0.39 is 23.2 Å². The summed E-state index contributed by atoms with van der Waals surface area (Å²) in [5.74, 6) is -1.04. The third-order valence-corrected chi connectivity index (χ3v) is 4.03. The summed E-state index contributed by atoms with van der Waals surface area (Å²) in [5.41, 5.74) is -1.05. The molecule has 2 N–H and O–H groups in total. The lowest BCUT2D eigenvalue weighted by atomic mass is 9.65. The zero-order valence-corrected chi connectivity index (χ0v) is 13.6. The lowest BCUT2D eigenvalue weighted by Gasteiger charge is -2.45. The SMILES string of the molecule is CC(C)(C)OC(=O)NC1(C(=O)O)CC(c2ccccc2Cl)C1. The molecule has 0 heterocycles. The molecule has 0 radical (unpaired) electrons. The van der Waals surface area contributed by atoms with E-state index in [0.717, 1.165) is 5.56 Å². The van der Waals surface area contributed by atoms with Crippen LogP contribution in [0, 0.1) is 0 Å². The van der Waals surface area contributed by atoms with E-state index in [9.17, 15) is 14.7 Å². The number of nitrogens with one attached hydrogen (secondary N) is 1. The van der Waals surface area contributed by atoms with E-state index >= 15 is 0 Å². The van der Waals surface area contributed by atoms with Gasteiger partial charge in [-0.3, -0.25) is 0 Å². The van der Waals surface area contributed by atoms with Crippen molar-refractivity contribution in [1.29, 1.82) is 0 Å². The fraction of sp³-hybridized carbons (Fsp3) is 0.500. The van der Waals surface area contributed by atoms with Gasteiger partial charge in [0, 0.05) is 5.02 Å². The maximum atomic E-state index is 11.9. The van der Waals surface area contributed by atoms with Crippen LogP contribution in [0.3, 0.4) is 0 Å². The molecule has 1 aromatic carbocycles. The highest BCUT2D eigenvalue weighted by molar-refractivity contribution is 6.31. The quantitative estimate of drug-likeness (QED) is 0.890. The summed E-state index contributed by atoms with van der Waals surface area (Å²) >= 11 is 6.14. The highest BCUT2D eigenvalue weighted by Crippen LogP contribution is 2.46. The number of alkyl carbamates (subject to hydrolysis) is 1. The summed E-state index contributed by atoms with van der Waals surface area (Å²) in [7, 11) is 0. The normalized spacial score (nSPS) is 24.3. The van der Waals surface area contributed by atoms with Crippen molar-refractivity contribution in [3.8, 4) is 0 Å². The molecule has 0 aliphatic heterocycles. The van der Waals surface area contributed by atoms with Gasteiger partial charge in [0.1, 0.15) is 11.1 Å². The molecule has 1 amide bonds. The van der Waals surface area contributed by atoms with Crippen LogP contribution in [-0.4, -0.2) is 28.3 Å². The van der Waals surface area contributed by atoms with Gasteiger partial charge in [0.2, 0.25) is 0 Å². The molecular weight excluding hydrogens is 306 g/mol. The summed E-state index contributed by atoms with van der Waals surface area (Å²) in [6, 6.07) is 7.35. The number of carbonyl (C=O) groups excluding carboxylic acids is 1. The first kappa shape index (κ1) is 16.6. The third kappa shape index (κ3) is 3.53. The van der Waals surface area contributed by atoms with E-state index in [1.807, 2.05) is 18.2 Å². The Morgan fingerprint density at radius 1 is 1.32 bits per heavy atom. The van der Waals surface area contributed by atoms with Crippen molar-refractivity contribution in [3.05, 3.63) is 34.9 Å². The Bertz CT molecular complexity index is 588. The topological polar surface area (TPSA) is 75.6 Å². The molecule has 1 fully saturated rings. The largest absolute Gasteiger partial charge is 0.480 e. The summed E-state index contributed by atoms with van der Waals surface area (Å²) in [5, 5.41) is 12.6. The number of ether oxygens (including phenoxy) is 1. The molecule has 120 valence electrons. The fourth-order valence-corrected chi connectivity index (χ4v) is 2.93. The molecule has 0 aromatic heterocycles. The second kappa shape index (κ2) is 5.80. The van der Waals surface area contributed by atoms with Crippen molar-refractivity contribution in [2.75, 3.05) is 0 Å². The average molecular weight is 326 g/mol. The van der Waals surface area contributed by atoms with Crippen molar-refractivity contribution >= 4 is 23.7 Å². The number of hydrogen-bond acceptors (Lipinski definition) is 3. The summed E-state index contributed by atoms with van der Waals surface area (Å²) in [6.45, 7) is 5.19. The van der Waals surface area contributed by atoms with Crippen LogP contribution in [0.1, 0.15) is 45.1 Å². The molecule has 0 saturated heterocycles. The van der Waals surface area contributed by atoms with E-state index in [4.69, 9.17) is 16.3 Å². The van der Waals surface area contributed by atoms with Crippen molar-refractivity contribution in [1.82, 2.24) is 5.32 Å². The van der Waals surface area contributed by atoms with E-state index in [0.29, 0.717) is 17.9 Å². The maximum absolute atomic E-state index is 11.9. The molecule has 1 aliphatic carbocycles. The fourth-order valence-electron chi connectivity index (χ4n) is 2.64. The molecule has 1 aromatic rings. The number of amides is 1. The van der Waals surface area contributed by atoms with Gasteiger partial charge < -0.3 is 15.2 Å². The molecule has 0 atom stereocenters. The number of halogens is 1. The molecule has 22 heavy (non-hydrogen) atoms. The summed E-state index contributed by atoms with van der Waals surface area (Å²) < 4.78 is 5.14. The zero-order chi connectivity index (χ0) is 16.5. The molecule has 0 unspecified atom stereocenters. The Labute approximate surface area is 134 Å². The van der Waals surface area contributed by atoms with Crippen LogP contribution in [0.2, 0.25) is 5.02 Å². The second-order valence-corrected chi connectivity index (χ2v) is 7.05. The molecule has 0 spiro atoms. The number of benzene rings is 1. The molecule has 1 aliphatic rings. The van der Waals surface area contributed by atoms with Gasteiger partial charge in [0.05, 0.1) is 0 Å². The molecule has 1 saturated carbocycles. The maximum Gasteiger partial charge on any atom is 0.408 e. The van der Waals surface area contributed by atoms with E-state index in [1.54, 1.807) is 26.8 Å². The lowest BCUT2D eigenvalue weighted by molar-refractivity contribution is -0.149. The van der Waals surface area contributed by atoms with E-state index in [2.05, 4.69) is 5.32 Å². The van der Waals surface area contributed by atoms with Gasteiger partial charge in [-0.1, -0.05) is 29.8 Å². The molecule has 0 bridgehead atoms. The summed E-state index contributed by atoms with van der Waals surface area (Å²) in [6.07, 6.45) is -0.121. The third-order valence-electron chi connectivity index (χ3n) is 3.68. The van der Waals surface area contributed by atoms with Crippen molar-refractivity contribution in [2.24, 2.45) is 0 Å². The first-order chi connectivity index (χ1) is 10.1. The minimum Gasteiger partial charge on any atom is -0.480 e. The highest BCUT2D eigenvalue weighted by Gasteiger charge is 2.53. The highest BCUT2D eigenvalue weighted by atomic mass is 35.5. The van der Waals surface area contributed by atoms with Gasteiger partial charge in [-0.15, -0.1) is 0 Å².